The molecule has 0 fully saturated rings. The maximum atomic E-state index is 12.9. The third-order valence-corrected chi connectivity index (χ3v) is 7.54. The van der Waals surface area contributed by atoms with Crippen molar-refractivity contribution in [1.82, 2.24) is 19.9 Å². The highest BCUT2D eigenvalue weighted by molar-refractivity contribution is 7.91. The molecule has 180 valence electrons. The molecule has 0 unspecified atom stereocenters. The number of pyridine rings is 1. The fourth-order valence-corrected chi connectivity index (χ4v) is 4.53. The van der Waals surface area contributed by atoms with Crippen molar-refractivity contribution in [3.63, 3.8) is 0 Å². The Morgan fingerprint density at radius 2 is 1.97 bits per heavy atom. The van der Waals surface area contributed by atoms with E-state index in [4.69, 9.17) is 0 Å². The number of amides is 1. The minimum absolute atomic E-state index is 0.0211. The normalized spacial score (nSPS) is 14.2. The van der Waals surface area contributed by atoms with E-state index in [0.29, 0.717) is 18.7 Å². The zero-order chi connectivity index (χ0) is 24.7. The van der Waals surface area contributed by atoms with Gasteiger partial charge in [-0.25, -0.2) is 18.4 Å². The molecule has 0 spiro atoms. The number of halogens is 3. The van der Waals surface area contributed by atoms with Crippen LogP contribution in [-0.2, 0) is 29.0 Å². The fraction of sp³-hybridized carbons (Fsp3) is 0.318. The number of imidazole rings is 1. The summed E-state index contributed by atoms with van der Waals surface area (Å²) in [7, 11) is -3.63. The van der Waals surface area contributed by atoms with E-state index in [1.54, 1.807) is 11.0 Å². The standard InChI is InChI=1S/C22H22F3N5O3S/c1-13(2)34(32,33)21-27-11-18(29-21)20(31)30-9-8-16-14(12-30)4-3-5-17(16)28-15-6-7-19(26-10-15)22(23,24)25/h3-7,10-11,13,28H,8-9,12H2,1-2H3,(H,27,29). The highest BCUT2D eigenvalue weighted by atomic mass is 32.2. The second-order valence-electron chi connectivity index (χ2n) is 8.16. The molecule has 2 N–H and O–H groups in total. The van der Waals surface area contributed by atoms with Gasteiger partial charge in [-0.15, -0.1) is 0 Å². The molecule has 4 rings (SSSR count). The first kappa shape index (κ1) is 23.7. The number of carbonyl (C=O) groups is 1. The first-order valence-corrected chi connectivity index (χ1v) is 12.0. The predicted octanol–water partition coefficient (Wildman–Crippen LogP) is 3.95. The Labute approximate surface area is 194 Å². The van der Waals surface area contributed by atoms with Crippen LogP contribution in [0.4, 0.5) is 24.5 Å². The highest BCUT2D eigenvalue weighted by Gasteiger charge is 2.32. The number of hydrogen-bond donors (Lipinski definition) is 2. The molecule has 2 aromatic heterocycles. The fourth-order valence-electron chi connectivity index (χ4n) is 3.64. The number of aromatic nitrogens is 3. The van der Waals surface area contributed by atoms with Gasteiger partial charge in [0.25, 0.3) is 5.91 Å². The molecule has 0 saturated carbocycles. The first-order chi connectivity index (χ1) is 16.0. The summed E-state index contributed by atoms with van der Waals surface area (Å²) < 4.78 is 62.8. The Hall–Kier alpha value is -3.41. The second-order valence-corrected chi connectivity index (χ2v) is 10.6. The van der Waals surface area contributed by atoms with E-state index in [1.165, 1.54) is 26.1 Å². The van der Waals surface area contributed by atoms with Gasteiger partial charge in [0.15, 0.2) is 0 Å². The summed E-state index contributed by atoms with van der Waals surface area (Å²) >= 11 is 0. The molecule has 34 heavy (non-hydrogen) atoms. The van der Waals surface area contributed by atoms with Crippen LogP contribution in [0.25, 0.3) is 0 Å². The summed E-state index contributed by atoms with van der Waals surface area (Å²) in [6, 6.07) is 7.69. The van der Waals surface area contributed by atoms with Gasteiger partial charge in [-0.05, 0) is 49.6 Å². The van der Waals surface area contributed by atoms with E-state index < -0.39 is 32.9 Å². The monoisotopic (exact) mass is 493 g/mol. The molecule has 1 aliphatic heterocycles. The van der Waals surface area contributed by atoms with Crippen molar-refractivity contribution in [3.8, 4) is 0 Å². The number of hydrogen-bond acceptors (Lipinski definition) is 6. The molecule has 0 aliphatic carbocycles. The molecular formula is C22H22F3N5O3S. The molecule has 1 amide bonds. The molecule has 0 atom stereocenters. The van der Waals surface area contributed by atoms with Crippen LogP contribution >= 0.6 is 0 Å². The van der Waals surface area contributed by atoms with Crippen molar-refractivity contribution < 1.29 is 26.4 Å². The van der Waals surface area contributed by atoms with Crippen LogP contribution in [0.3, 0.4) is 0 Å². The summed E-state index contributed by atoms with van der Waals surface area (Å²) in [6.07, 6.45) is -1.58. The number of benzene rings is 1. The number of H-pyrrole nitrogens is 1. The molecule has 12 heteroatoms. The number of alkyl halides is 3. The lowest BCUT2D eigenvalue weighted by Gasteiger charge is -2.30. The third kappa shape index (κ3) is 4.63. The van der Waals surface area contributed by atoms with Gasteiger partial charge in [-0.2, -0.15) is 13.2 Å². The highest BCUT2D eigenvalue weighted by Crippen LogP contribution is 2.31. The van der Waals surface area contributed by atoms with Gasteiger partial charge in [0.05, 0.1) is 17.1 Å². The molecule has 8 nitrogen and oxygen atoms in total. The zero-order valence-corrected chi connectivity index (χ0v) is 19.2. The summed E-state index contributed by atoms with van der Waals surface area (Å²) in [4.78, 5) is 24.6. The van der Waals surface area contributed by atoms with E-state index in [2.05, 4.69) is 20.3 Å². The van der Waals surface area contributed by atoms with Gasteiger partial charge in [0.2, 0.25) is 15.0 Å². The van der Waals surface area contributed by atoms with Gasteiger partial charge in [-0.1, -0.05) is 12.1 Å². The first-order valence-electron chi connectivity index (χ1n) is 10.5. The Kier molecular flexibility index (Phi) is 6.11. The quantitative estimate of drug-likeness (QED) is 0.557. The Morgan fingerprint density at radius 1 is 1.21 bits per heavy atom. The maximum absolute atomic E-state index is 12.9. The molecule has 1 aromatic carbocycles. The van der Waals surface area contributed by atoms with Crippen LogP contribution in [0.5, 0.6) is 0 Å². The summed E-state index contributed by atoms with van der Waals surface area (Å²) in [6.45, 7) is 3.73. The summed E-state index contributed by atoms with van der Waals surface area (Å²) in [5.74, 6) is -0.391. The van der Waals surface area contributed by atoms with E-state index in [1.807, 2.05) is 12.1 Å². The van der Waals surface area contributed by atoms with Crippen molar-refractivity contribution in [2.75, 3.05) is 11.9 Å². The van der Waals surface area contributed by atoms with Crippen molar-refractivity contribution in [2.45, 2.75) is 43.4 Å². The maximum Gasteiger partial charge on any atom is 0.433 e. The number of fused-ring (bicyclic) bond motifs is 1. The van der Waals surface area contributed by atoms with Crippen LogP contribution < -0.4 is 5.32 Å². The zero-order valence-electron chi connectivity index (χ0n) is 18.3. The summed E-state index contributed by atoms with van der Waals surface area (Å²) in [5.41, 5.74) is 2.00. The topological polar surface area (TPSA) is 108 Å². The lowest BCUT2D eigenvalue weighted by molar-refractivity contribution is -0.141. The number of sulfone groups is 1. The minimum Gasteiger partial charge on any atom is -0.354 e. The van der Waals surface area contributed by atoms with Crippen LogP contribution in [-0.4, -0.2) is 46.0 Å². The average Bonchev–Trinajstić information content (AvgIpc) is 3.29. The van der Waals surface area contributed by atoms with Crippen LogP contribution in [0.1, 0.15) is 41.2 Å². The molecule has 3 aromatic rings. The van der Waals surface area contributed by atoms with Crippen molar-refractivity contribution >= 4 is 27.1 Å². The number of aromatic amines is 1. The van der Waals surface area contributed by atoms with Crippen molar-refractivity contribution in [3.05, 3.63) is 65.2 Å². The van der Waals surface area contributed by atoms with Crippen LogP contribution in [0.2, 0.25) is 0 Å². The van der Waals surface area contributed by atoms with E-state index in [-0.39, 0.29) is 17.4 Å². The smallest absolute Gasteiger partial charge is 0.354 e. The molecule has 0 radical (unpaired) electrons. The van der Waals surface area contributed by atoms with Gasteiger partial charge in [0, 0.05) is 25.0 Å². The average molecular weight is 494 g/mol. The number of rotatable bonds is 5. The van der Waals surface area contributed by atoms with Gasteiger partial charge in [-0.3, -0.25) is 4.79 Å². The van der Waals surface area contributed by atoms with Crippen molar-refractivity contribution in [2.24, 2.45) is 0 Å². The van der Waals surface area contributed by atoms with E-state index >= 15 is 0 Å². The van der Waals surface area contributed by atoms with E-state index in [0.717, 1.165) is 29.1 Å². The molecule has 1 aliphatic rings. The Bertz CT molecular complexity index is 1320. The van der Waals surface area contributed by atoms with Crippen molar-refractivity contribution in [1.29, 1.82) is 0 Å². The van der Waals surface area contributed by atoms with Gasteiger partial charge in [0.1, 0.15) is 11.4 Å². The lowest BCUT2D eigenvalue weighted by atomic mass is 9.97. The van der Waals surface area contributed by atoms with Gasteiger partial charge >= 0.3 is 6.18 Å². The number of nitrogens with zero attached hydrogens (tertiary/aromatic N) is 3. The Balaban J connectivity index is 1.50. The lowest BCUT2D eigenvalue weighted by Crippen LogP contribution is -2.36. The molecule has 0 saturated heterocycles. The second kappa shape index (κ2) is 8.75. The van der Waals surface area contributed by atoms with Crippen LogP contribution in [0, 0.1) is 0 Å². The number of anilines is 2. The minimum atomic E-state index is -4.51. The molecule has 3 heterocycles. The largest absolute Gasteiger partial charge is 0.433 e. The Morgan fingerprint density at radius 3 is 2.62 bits per heavy atom. The predicted molar refractivity (Wildman–Crippen MR) is 118 cm³/mol. The van der Waals surface area contributed by atoms with Crippen LogP contribution in [0.15, 0.2) is 47.9 Å². The molecular weight excluding hydrogens is 471 g/mol. The van der Waals surface area contributed by atoms with Gasteiger partial charge < -0.3 is 15.2 Å². The molecule has 0 bridgehead atoms. The SMILES string of the molecule is CC(C)S(=O)(=O)c1nc(C(=O)N2CCc3c(cccc3Nc3ccc(C(F)(F)F)nc3)C2)c[nH]1. The van der Waals surface area contributed by atoms with E-state index in [9.17, 15) is 26.4 Å². The number of nitrogens with one attached hydrogen (secondary N) is 2. The number of carbonyl (C=O) groups excluding carboxylic acids is 1. The third-order valence-electron chi connectivity index (χ3n) is 5.55. The summed E-state index contributed by atoms with van der Waals surface area (Å²) in [5, 5.41) is 2.19.